The molecule has 252 valence electrons. The lowest BCUT2D eigenvalue weighted by atomic mass is 9.78. The molecule has 0 aromatic carbocycles. The second-order valence-electron chi connectivity index (χ2n) is 16.0. The molecule has 3 aliphatic carbocycles. The Morgan fingerprint density at radius 2 is 1.64 bits per heavy atom. The third-order valence-corrected chi connectivity index (χ3v) is 14.2. The van der Waals surface area contributed by atoms with Gasteiger partial charge in [-0.1, -0.05) is 67.2 Å². The molecule has 0 aromatic rings. The smallest absolute Gasteiger partial charge is 0.315 e. The van der Waals surface area contributed by atoms with Crippen LogP contribution in [0.2, 0.25) is 0 Å². The van der Waals surface area contributed by atoms with Gasteiger partial charge in [0, 0.05) is 6.54 Å². The summed E-state index contributed by atoms with van der Waals surface area (Å²) in [6.45, 7) is 11.8. The zero-order valence-electron chi connectivity index (χ0n) is 27.5. The largest absolute Gasteiger partial charge is 0.363 e. The molecule has 0 radical (unpaired) electrons. The Bertz CT molecular complexity index is 1380. The van der Waals surface area contributed by atoms with Gasteiger partial charge in [0.1, 0.15) is 17.6 Å². The number of carbonyl (C=O) groups excluding carboxylic acids is 5. The number of hydrogen-bond donors (Lipinski definition) is 4. The van der Waals surface area contributed by atoms with Crippen LogP contribution in [0.15, 0.2) is 0 Å². The Labute approximate surface area is 266 Å². The molecule has 5 amide bonds. The summed E-state index contributed by atoms with van der Waals surface area (Å²) in [5, 5.41) is 8.15. The first-order valence-electron chi connectivity index (χ1n) is 16.6. The summed E-state index contributed by atoms with van der Waals surface area (Å²) in [4.78, 5) is 68.2. The molecule has 0 spiro atoms. The van der Waals surface area contributed by atoms with E-state index in [0.717, 1.165) is 19.3 Å². The van der Waals surface area contributed by atoms with Crippen LogP contribution in [0.25, 0.3) is 0 Å². The van der Waals surface area contributed by atoms with Crippen molar-refractivity contribution in [1.82, 2.24) is 20.9 Å². The van der Waals surface area contributed by atoms with E-state index in [-0.39, 0.29) is 28.9 Å². The van der Waals surface area contributed by atoms with E-state index in [1.54, 1.807) is 0 Å². The molecule has 0 unspecified atom stereocenters. The van der Waals surface area contributed by atoms with Crippen LogP contribution in [0.5, 0.6) is 0 Å². The van der Waals surface area contributed by atoms with E-state index in [1.165, 1.54) is 4.90 Å². The number of rotatable bonds is 9. The Balaban J connectivity index is 1.37. The number of piperidine rings is 1. The van der Waals surface area contributed by atoms with Crippen molar-refractivity contribution in [2.45, 2.75) is 128 Å². The minimum atomic E-state index is -3.35. The van der Waals surface area contributed by atoms with Gasteiger partial charge in [-0.3, -0.25) is 19.2 Å². The average molecular weight is 650 g/mol. The highest BCUT2D eigenvalue weighted by Gasteiger charge is 2.71. The Kier molecular flexibility index (Phi) is 8.40. The molecule has 0 bridgehead atoms. The number of Topliss-reactive ketones (excluding diaryl/α,β-unsaturated/α-hetero) is 1. The van der Waals surface area contributed by atoms with E-state index >= 15 is 0 Å². The van der Waals surface area contributed by atoms with Crippen molar-refractivity contribution in [3.05, 3.63) is 0 Å². The van der Waals surface area contributed by atoms with E-state index in [4.69, 9.17) is 5.73 Å². The number of fused-ring (bicyclic) bond motifs is 1. The normalized spacial score (nSPS) is 34.6. The van der Waals surface area contributed by atoms with E-state index in [2.05, 4.69) is 16.0 Å². The van der Waals surface area contributed by atoms with E-state index in [9.17, 15) is 32.4 Å². The quantitative estimate of drug-likeness (QED) is 0.274. The summed E-state index contributed by atoms with van der Waals surface area (Å²) in [5.41, 5.74) is 2.17. The first kappa shape index (κ1) is 33.7. The van der Waals surface area contributed by atoms with E-state index in [1.807, 2.05) is 41.5 Å². The number of nitrogens with one attached hydrogen (secondary N) is 3. The van der Waals surface area contributed by atoms with Crippen LogP contribution in [-0.2, 0) is 29.0 Å². The summed E-state index contributed by atoms with van der Waals surface area (Å²) in [5.74, 6) is -2.99. The zero-order chi connectivity index (χ0) is 33.3. The SMILES string of the molecule is CC[C@@H]1C[C@@]1(NC(=O)[C@@H]1[C@@H]2[C@H](CN1C(=O)[C@@H](NC(=O)NC1([C@H]3CCCS3(=O)=O)CCCCC1)C(C)(C)C)C2(C)C)C(=O)C(N)=O. The minimum absolute atomic E-state index is 0.0636. The fourth-order valence-corrected chi connectivity index (χ4v) is 11.3. The topological polar surface area (TPSA) is 185 Å². The maximum Gasteiger partial charge on any atom is 0.315 e. The van der Waals surface area contributed by atoms with Crippen molar-refractivity contribution in [2.24, 2.45) is 34.3 Å². The Morgan fingerprint density at radius 1 is 1.00 bits per heavy atom. The van der Waals surface area contributed by atoms with Gasteiger partial charge in [0.15, 0.2) is 9.84 Å². The molecule has 12 nitrogen and oxygen atoms in total. The number of nitrogens with zero attached hydrogens (tertiary/aromatic N) is 1. The predicted octanol–water partition coefficient (Wildman–Crippen LogP) is 1.80. The minimum Gasteiger partial charge on any atom is -0.363 e. The lowest BCUT2D eigenvalue weighted by Gasteiger charge is -2.43. The highest BCUT2D eigenvalue weighted by molar-refractivity contribution is 7.92. The van der Waals surface area contributed by atoms with Gasteiger partial charge >= 0.3 is 6.03 Å². The van der Waals surface area contributed by atoms with Crippen molar-refractivity contribution < 1.29 is 32.4 Å². The number of hydrogen-bond acceptors (Lipinski definition) is 7. The molecule has 7 atom stereocenters. The number of carbonyl (C=O) groups is 5. The number of ketones is 1. The maximum atomic E-state index is 14.4. The molecule has 5 N–H and O–H groups in total. The summed E-state index contributed by atoms with van der Waals surface area (Å²) >= 11 is 0. The molecule has 2 aliphatic heterocycles. The van der Waals surface area contributed by atoms with E-state index < -0.39 is 73.2 Å². The van der Waals surface area contributed by atoms with Crippen molar-refractivity contribution in [2.75, 3.05) is 12.3 Å². The molecule has 13 heteroatoms. The monoisotopic (exact) mass is 649 g/mol. The highest BCUT2D eigenvalue weighted by atomic mass is 32.2. The molecule has 2 heterocycles. The van der Waals surface area contributed by atoms with Gasteiger partial charge < -0.3 is 26.6 Å². The van der Waals surface area contributed by atoms with E-state index in [0.29, 0.717) is 45.1 Å². The molecular formula is C32H51N5O7S. The summed E-state index contributed by atoms with van der Waals surface area (Å²) in [7, 11) is -3.35. The van der Waals surface area contributed by atoms with Crippen molar-refractivity contribution >= 4 is 39.4 Å². The van der Waals surface area contributed by atoms with Gasteiger partial charge in [0.25, 0.3) is 5.91 Å². The lowest BCUT2D eigenvalue weighted by Crippen LogP contribution is -2.65. The maximum absolute atomic E-state index is 14.4. The Morgan fingerprint density at radius 3 is 2.16 bits per heavy atom. The molecule has 5 fully saturated rings. The third-order valence-electron chi connectivity index (χ3n) is 11.8. The van der Waals surface area contributed by atoms with Gasteiger partial charge in [-0.05, 0) is 60.7 Å². The fraction of sp³-hybridized carbons (Fsp3) is 0.844. The fourth-order valence-electron chi connectivity index (χ4n) is 8.97. The second kappa shape index (κ2) is 11.2. The molecule has 0 aromatic heterocycles. The van der Waals surface area contributed by atoms with Gasteiger partial charge in [0.2, 0.25) is 17.6 Å². The van der Waals surface area contributed by atoms with Gasteiger partial charge in [-0.2, -0.15) is 0 Å². The van der Waals surface area contributed by atoms with Crippen LogP contribution in [0, 0.1) is 28.6 Å². The van der Waals surface area contributed by atoms with Crippen LogP contribution >= 0.6 is 0 Å². The summed E-state index contributed by atoms with van der Waals surface area (Å²) in [6.07, 6.45) is 5.72. The first-order valence-corrected chi connectivity index (χ1v) is 18.3. The second-order valence-corrected chi connectivity index (χ2v) is 18.3. The molecule has 2 saturated heterocycles. The lowest BCUT2D eigenvalue weighted by molar-refractivity contribution is -0.145. The summed E-state index contributed by atoms with van der Waals surface area (Å²) < 4.78 is 26.0. The van der Waals surface area contributed by atoms with Crippen molar-refractivity contribution in [1.29, 1.82) is 0 Å². The van der Waals surface area contributed by atoms with Crippen molar-refractivity contribution in [3.8, 4) is 0 Å². The van der Waals surface area contributed by atoms with Gasteiger partial charge in [0.05, 0.1) is 16.5 Å². The number of nitrogens with two attached hydrogens (primary N) is 1. The van der Waals surface area contributed by atoms with Gasteiger partial charge in [-0.25, -0.2) is 13.2 Å². The number of sulfone groups is 1. The standard InChI is InChI=1S/C32H51N5O7S/c1-7-18-16-32(18,24(38)25(33)39)35-26(40)22-21-19(30(21,5)6)17-37(22)27(41)23(29(2,3)4)34-28(42)36-31(13-9-8-10-14-31)20-12-11-15-45(20,43)44/h18-23H,7-17H2,1-6H3,(H2,33,39)(H,35,40)(H2,34,36,42)/t18-,19+,20-,21+,22+,23-,32+/m1/s1. The van der Waals surface area contributed by atoms with Crippen LogP contribution in [0.3, 0.4) is 0 Å². The Hall–Kier alpha value is -2.70. The van der Waals surface area contributed by atoms with Crippen molar-refractivity contribution in [3.63, 3.8) is 0 Å². The van der Waals surface area contributed by atoms with Crippen LogP contribution < -0.4 is 21.7 Å². The van der Waals surface area contributed by atoms with Crippen LogP contribution in [-0.4, -0.2) is 83.6 Å². The molecule has 5 aliphatic rings. The number of urea groups is 1. The molecule has 3 saturated carbocycles. The molecule has 5 rings (SSSR count). The number of likely N-dealkylation sites (tertiary alicyclic amines) is 1. The number of amides is 5. The van der Waals surface area contributed by atoms with Crippen LogP contribution in [0.4, 0.5) is 4.79 Å². The predicted molar refractivity (Wildman–Crippen MR) is 167 cm³/mol. The average Bonchev–Trinajstić information content (AvgIpc) is 3.59. The molecular weight excluding hydrogens is 598 g/mol. The zero-order valence-corrected chi connectivity index (χ0v) is 28.3. The summed E-state index contributed by atoms with van der Waals surface area (Å²) in [6, 6.07) is -2.48. The first-order chi connectivity index (χ1) is 20.8. The van der Waals surface area contributed by atoms with Gasteiger partial charge in [-0.15, -0.1) is 0 Å². The third kappa shape index (κ3) is 5.75. The highest BCUT2D eigenvalue weighted by Crippen LogP contribution is 2.65. The number of primary amides is 1. The molecule has 45 heavy (non-hydrogen) atoms. The van der Waals surface area contributed by atoms with Crippen LogP contribution in [0.1, 0.15) is 99.3 Å².